The molecule has 0 aliphatic carbocycles. The van der Waals surface area contributed by atoms with Gasteiger partial charge in [-0.1, -0.05) is 15.9 Å². The Balaban J connectivity index is 1.91. The number of ether oxygens (including phenoxy) is 3. The molecule has 0 bridgehead atoms. The predicted octanol–water partition coefficient (Wildman–Crippen LogP) is 2.78. The van der Waals surface area contributed by atoms with Crippen molar-refractivity contribution in [1.82, 2.24) is 4.90 Å². The van der Waals surface area contributed by atoms with E-state index in [4.69, 9.17) is 9.47 Å². The number of imide groups is 1. The zero-order valence-corrected chi connectivity index (χ0v) is 15.1. The van der Waals surface area contributed by atoms with Gasteiger partial charge in [0.15, 0.2) is 11.5 Å². The maximum absolute atomic E-state index is 12.5. The molecular weight excluding hydrogens is 402 g/mol. The third kappa shape index (κ3) is 2.89. The number of carbonyl (C=O) groups excluding carboxylic acids is 3. The van der Waals surface area contributed by atoms with Gasteiger partial charge < -0.3 is 14.2 Å². The Labute approximate surface area is 150 Å². The second-order valence-electron chi connectivity index (χ2n) is 4.98. The molecule has 1 aromatic carbocycles. The third-order valence-electron chi connectivity index (χ3n) is 3.53. The average Bonchev–Trinajstić information content (AvgIpc) is 3.10. The number of halogens is 1. The maximum Gasteiger partial charge on any atom is 0.328 e. The van der Waals surface area contributed by atoms with E-state index in [0.29, 0.717) is 21.5 Å². The zero-order chi connectivity index (χ0) is 17.4. The van der Waals surface area contributed by atoms with Crippen molar-refractivity contribution >= 4 is 50.9 Å². The molecule has 0 saturated carbocycles. The van der Waals surface area contributed by atoms with E-state index < -0.39 is 23.2 Å². The summed E-state index contributed by atoms with van der Waals surface area (Å²) in [6, 6.07) is 2.47. The topological polar surface area (TPSA) is 82.1 Å². The van der Waals surface area contributed by atoms with Gasteiger partial charge in [0.2, 0.25) is 6.79 Å². The molecule has 0 spiro atoms. The van der Waals surface area contributed by atoms with E-state index in [1.807, 2.05) is 0 Å². The number of hydrogen-bond acceptors (Lipinski definition) is 7. The summed E-state index contributed by atoms with van der Waals surface area (Å²) in [6.45, 7) is 1.58. The summed E-state index contributed by atoms with van der Waals surface area (Å²) in [5.41, 5.74) is 0.662. The summed E-state index contributed by atoms with van der Waals surface area (Å²) < 4.78 is 15.9. The Kier molecular flexibility index (Phi) is 4.55. The maximum atomic E-state index is 12.5. The van der Waals surface area contributed by atoms with Crippen LogP contribution in [-0.2, 0) is 14.3 Å². The van der Waals surface area contributed by atoms with E-state index in [1.54, 1.807) is 18.2 Å². The van der Waals surface area contributed by atoms with E-state index in [2.05, 4.69) is 20.7 Å². The molecule has 126 valence electrons. The Morgan fingerprint density at radius 3 is 2.71 bits per heavy atom. The van der Waals surface area contributed by atoms with Crippen LogP contribution in [0.1, 0.15) is 12.5 Å². The van der Waals surface area contributed by atoms with Crippen LogP contribution in [0.5, 0.6) is 11.5 Å². The molecule has 1 aromatic rings. The first-order chi connectivity index (χ1) is 11.4. The highest BCUT2D eigenvalue weighted by atomic mass is 79.9. The fraction of sp³-hybridized carbons (Fsp3) is 0.267. The van der Waals surface area contributed by atoms with Crippen LogP contribution in [0.4, 0.5) is 4.79 Å². The van der Waals surface area contributed by atoms with Crippen LogP contribution in [0.25, 0.3) is 6.08 Å². The highest BCUT2D eigenvalue weighted by Gasteiger charge is 2.41. The number of fused-ring (bicyclic) bond motifs is 1. The van der Waals surface area contributed by atoms with E-state index >= 15 is 0 Å². The van der Waals surface area contributed by atoms with Gasteiger partial charge in [0, 0.05) is 4.47 Å². The van der Waals surface area contributed by atoms with Crippen molar-refractivity contribution in [3.8, 4) is 11.5 Å². The third-order valence-corrected chi connectivity index (χ3v) is 5.10. The molecule has 1 atom stereocenters. The van der Waals surface area contributed by atoms with E-state index in [-0.39, 0.29) is 11.7 Å². The molecule has 2 aliphatic heterocycles. The first-order valence-electron chi connectivity index (χ1n) is 6.86. The van der Waals surface area contributed by atoms with Crippen molar-refractivity contribution in [2.45, 2.75) is 13.0 Å². The fourth-order valence-corrected chi connectivity index (χ4v) is 3.61. The van der Waals surface area contributed by atoms with Gasteiger partial charge in [-0.25, -0.2) is 4.79 Å². The average molecular weight is 414 g/mol. The predicted molar refractivity (Wildman–Crippen MR) is 89.6 cm³/mol. The van der Waals surface area contributed by atoms with Crippen molar-refractivity contribution in [2.24, 2.45) is 0 Å². The first-order valence-corrected chi connectivity index (χ1v) is 8.47. The summed E-state index contributed by atoms with van der Waals surface area (Å²) in [7, 11) is 1.21. The molecule has 1 saturated heterocycles. The Bertz CT molecular complexity index is 777. The summed E-state index contributed by atoms with van der Waals surface area (Å²) in [5, 5.41) is -0.513. The first kappa shape index (κ1) is 16.8. The van der Waals surface area contributed by atoms with Gasteiger partial charge in [0.05, 0.1) is 12.0 Å². The molecule has 9 heteroatoms. The van der Waals surface area contributed by atoms with Crippen molar-refractivity contribution in [3.05, 3.63) is 27.1 Å². The highest BCUT2D eigenvalue weighted by Crippen LogP contribution is 2.40. The van der Waals surface area contributed by atoms with Crippen molar-refractivity contribution < 1.29 is 28.6 Å². The van der Waals surface area contributed by atoms with Crippen LogP contribution in [0.15, 0.2) is 21.5 Å². The van der Waals surface area contributed by atoms with E-state index in [1.165, 1.54) is 14.0 Å². The van der Waals surface area contributed by atoms with Gasteiger partial charge in [-0.3, -0.25) is 14.5 Å². The summed E-state index contributed by atoms with van der Waals surface area (Å²) >= 11 is 4.17. The van der Waals surface area contributed by atoms with Crippen LogP contribution in [0.3, 0.4) is 0 Å². The monoisotopic (exact) mass is 413 g/mol. The minimum absolute atomic E-state index is 0.137. The molecule has 0 N–H and O–H groups in total. The number of rotatable bonds is 3. The van der Waals surface area contributed by atoms with E-state index in [0.717, 1.165) is 16.7 Å². The lowest BCUT2D eigenvalue weighted by molar-refractivity contribution is -0.148. The number of thioether (sulfide) groups is 1. The highest BCUT2D eigenvalue weighted by molar-refractivity contribution is 9.10. The van der Waals surface area contributed by atoms with Crippen LogP contribution in [-0.4, -0.2) is 42.0 Å². The zero-order valence-electron chi connectivity index (χ0n) is 12.7. The molecule has 24 heavy (non-hydrogen) atoms. The van der Waals surface area contributed by atoms with Crippen molar-refractivity contribution in [3.63, 3.8) is 0 Å². The molecular formula is C15H12BrNO6S. The van der Waals surface area contributed by atoms with Crippen LogP contribution in [0, 0.1) is 0 Å². The molecule has 7 nitrogen and oxygen atoms in total. The molecule has 0 aromatic heterocycles. The lowest BCUT2D eigenvalue weighted by Crippen LogP contribution is -2.42. The number of carbonyl (C=O) groups is 3. The second kappa shape index (κ2) is 6.48. The number of methoxy groups -OCH3 is 1. The van der Waals surface area contributed by atoms with E-state index in [9.17, 15) is 14.4 Å². The van der Waals surface area contributed by atoms with Gasteiger partial charge >= 0.3 is 5.97 Å². The smallest absolute Gasteiger partial charge is 0.328 e. The van der Waals surface area contributed by atoms with Gasteiger partial charge in [-0.15, -0.1) is 0 Å². The lowest BCUT2D eigenvalue weighted by Gasteiger charge is -2.18. The number of benzene rings is 1. The number of hydrogen-bond donors (Lipinski definition) is 0. The van der Waals surface area contributed by atoms with Crippen LogP contribution < -0.4 is 9.47 Å². The van der Waals surface area contributed by atoms with Gasteiger partial charge in [0.1, 0.15) is 6.04 Å². The van der Waals surface area contributed by atoms with Gasteiger partial charge in [-0.05, 0) is 42.5 Å². The van der Waals surface area contributed by atoms with Crippen LogP contribution >= 0.6 is 27.7 Å². The molecule has 0 radical (unpaired) electrons. The van der Waals surface area contributed by atoms with Crippen LogP contribution in [0.2, 0.25) is 0 Å². The lowest BCUT2D eigenvalue weighted by atomic mass is 10.2. The molecule has 2 aliphatic rings. The summed E-state index contributed by atoms with van der Waals surface area (Å²) in [4.78, 5) is 37.3. The number of amides is 2. The second-order valence-corrected chi connectivity index (χ2v) is 6.83. The molecule has 2 amide bonds. The molecule has 1 unspecified atom stereocenters. The largest absolute Gasteiger partial charge is 0.467 e. The molecule has 3 rings (SSSR count). The molecule has 2 heterocycles. The normalized spacial score (nSPS) is 19.1. The van der Waals surface area contributed by atoms with Crippen molar-refractivity contribution in [1.29, 1.82) is 0 Å². The number of esters is 1. The quantitative estimate of drug-likeness (QED) is 0.556. The van der Waals surface area contributed by atoms with Crippen molar-refractivity contribution in [2.75, 3.05) is 13.9 Å². The minimum atomic E-state index is -0.978. The summed E-state index contributed by atoms with van der Waals surface area (Å²) in [5.74, 6) is -0.0201. The van der Waals surface area contributed by atoms with Gasteiger partial charge in [-0.2, -0.15) is 0 Å². The SMILES string of the molecule is COC(=O)C(C)N1C(=O)SC(=Cc2cc3c(cc2Br)OCO3)C1=O. The minimum Gasteiger partial charge on any atom is -0.467 e. The summed E-state index contributed by atoms with van der Waals surface area (Å²) in [6.07, 6.45) is 1.57. The Morgan fingerprint density at radius 2 is 2.04 bits per heavy atom. The number of nitrogens with zero attached hydrogens (tertiary/aromatic N) is 1. The Hall–Kier alpha value is -2.00. The molecule has 1 fully saturated rings. The Morgan fingerprint density at radius 1 is 1.38 bits per heavy atom. The standard InChI is InChI=1S/C15H12BrNO6S/c1-7(14(19)21-2)17-13(18)12(24-15(17)20)4-8-3-10-11(5-9(8)16)23-6-22-10/h3-5,7H,6H2,1-2H3. The fourth-order valence-electron chi connectivity index (χ4n) is 2.27. The van der Waals surface area contributed by atoms with Gasteiger partial charge in [0.25, 0.3) is 11.1 Å².